The van der Waals surface area contributed by atoms with Gasteiger partial charge in [0.25, 0.3) is 0 Å². The van der Waals surface area contributed by atoms with E-state index in [1.165, 1.54) is 0 Å². The van der Waals surface area contributed by atoms with Gasteiger partial charge in [0, 0.05) is 43.4 Å². The Morgan fingerprint density at radius 2 is 2.08 bits per heavy atom. The zero-order chi connectivity index (χ0) is 17.8. The van der Waals surface area contributed by atoms with Crippen LogP contribution in [0.4, 0.5) is 0 Å². The normalized spacial score (nSPS) is 16.1. The van der Waals surface area contributed by atoms with Crippen molar-refractivity contribution in [1.29, 1.82) is 0 Å². The Kier molecular flexibility index (Phi) is 4.70. The Hall–Kier alpha value is -3.06. The molecule has 0 saturated carbocycles. The number of carbonyl (C=O) groups is 1. The first kappa shape index (κ1) is 16.4. The number of rotatable bonds is 5. The summed E-state index contributed by atoms with van der Waals surface area (Å²) in [5.41, 5.74) is 3.76. The third kappa shape index (κ3) is 3.48. The van der Waals surface area contributed by atoms with Crippen LogP contribution in [0.2, 0.25) is 0 Å². The van der Waals surface area contributed by atoms with Crippen molar-refractivity contribution in [2.45, 2.75) is 18.9 Å². The summed E-state index contributed by atoms with van der Waals surface area (Å²) >= 11 is 0. The minimum Gasteiger partial charge on any atom is -0.354 e. The van der Waals surface area contributed by atoms with Gasteiger partial charge >= 0.3 is 0 Å². The lowest BCUT2D eigenvalue weighted by Crippen LogP contribution is -2.42. The standard InChI is InChI=1S/C19H20N6O/c26-19(18-17-15(7-10-21-18)23-12-24-17)22-11-8-16-20-9-6-14(25-16)13-4-2-1-3-5-13/h1-6,9,12,18,21H,7-8,10-11H2,(H,22,26)(H,23,24)/t18-/m0/s1. The summed E-state index contributed by atoms with van der Waals surface area (Å²) in [5.74, 6) is 0.640. The second kappa shape index (κ2) is 7.45. The van der Waals surface area contributed by atoms with E-state index in [0.717, 1.165) is 35.6 Å². The number of aromatic nitrogens is 4. The van der Waals surface area contributed by atoms with Gasteiger partial charge in [0.2, 0.25) is 5.91 Å². The Balaban J connectivity index is 1.36. The van der Waals surface area contributed by atoms with Crippen molar-refractivity contribution in [3.05, 3.63) is 66.1 Å². The summed E-state index contributed by atoms with van der Waals surface area (Å²) in [4.78, 5) is 28.7. The van der Waals surface area contributed by atoms with Crippen molar-refractivity contribution in [2.24, 2.45) is 0 Å². The molecule has 7 nitrogen and oxygen atoms in total. The van der Waals surface area contributed by atoms with Crippen molar-refractivity contribution in [3.8, 4) is 11.3 Å². The van der Waals surface area contributed by atoms with Crippen molar-refractivity contribution in [2.75, 3.05) is 13.1 Å². The molecule has 2 aromatic heterocycles. The van der Waals surface area contributed by atoms with E-state index in [2.05, 4.69) is 30.6 Å². The van der Waals surface area contributed by atoms with E-state index >= 15 is 0 Å². The van der Waals surface area contributed by atoms with E-state index in [1.54, 1.807) is 12.5 Å². The van der Waals surface area contributed by atoms with Gasteiger partial charge in [-0.1, -0.05) is 30.3 Å². The topological polar surface area (TPSA) is 95.6 Å². The lowest BCUT2D eigenvalue weighted by atomic mass is 10.1. The molecule has 0 unspecified atom stereocenters. The second-order valence-corrected chi connectivity index (χ2v) is 6.17. The van der Waals surface area contributed by atoms with Crippen molar-refractivity contribution < 1.29 is 4.79 Å². The molecular formula is C19H20N6O. The summed E-state index contributed by atoms with van der Waals surface area (Å²) in [6.45, 7) is 1.24. The number of H-pyrrole nitrogens is 1. The highest BCUT2D eigenvalue weighted by Gasteiger charge is 2.28. The molecule has 0 aliphatic carbocycles. The summed E-state index contributed by atoms with van der Waals surface area (Å²) in [6.07, 6.45) is 4.83. The van der Waals surface area contributed by atoms with Gasteiger partial charge in [0.05, 0.1) is 17.7 Å². The van der Waals surface area contributed by atoms with E-state index in [0.29, 0.717) is 18.8 Å². The van der Waals surface area contributed by atoms with Crippen LogP contribution < -0.4 is 10.6 Å². The molecule has 0 fully saturated rings. The predicted molar refractivity (Wildman–Crippen MR) is 97.2 cm³/mol. The molecule has 1 aromatic carbocycles. The molecule has 1 aliphatic heterocycles. The maximum Gasteiger partial charge on any atom is 0.243 e. The summed E-state index contributed by atoms with van der Waals surface area (Å²) < 4.78 is 0. The first-order chi connectivity index (χ1) is 12.8. The Morgan fingerprint density at radius 3 is 2.96 bits per heavy atom. The average Bonchev–Trinajstić information content (AvgIpc) is 3.18. The third-order valence-electron chi connectivity index (χ3n) is 4.43. The predicted octanol–water partition coefficient (Wildman–Crippen LogP) is 1.41. The van der Waals surface area contributed by atoms with Crippen LogP contribution in [0.3, 0.4) is 0 Å². The smallest absolute Gasteiger partial charge is 0.243 e. The van der Waals surface area contributed by atoms with Crippen LogP contribution in [0, 0.1) is 0 Å². The number of hydrogen-bond acceptors (Lipinski definition) is 5. The van der Waals surface area contributed by atoms with Gasteiger partial charge in [0.15, 0.2) is 0 Å². The van der Waals surface area contributed by atoms with Crippen LogP contribution in [-0.4, -0.2) is 38.9 Å². The number of benzene rings is 1. The van der Waals surface area contributed by atoms with Crippen LogP contribution in [0.5, 0.6) is 0 Å². The molecule has 0 saturated heterocycles. The molecule has 1 aliphatic rings. The Labute approximate surface area is 151 Å². The monoisotopic (exact) mass is 348 g/mol. The number of amides is 1. The largest absolute Gasteiger partial charge is 0.354 e. The number of nitrogens with zero attached hydrogens (tertiary/aromatic N) is 3. The van der Waals surface area contributed by atoms with Crippen LogP contribution in [0.1, 0.15) is 23.3 Å². The SMILES string of the molecule is O=C(NCCc1nccc(-c2ccccc2)n1)[C@H]1NCCc2[nH]cnc21. The zero-order valence-electron chi connectivity index (χ0n) is 14.3. The van der Waals surface area contributed by atoms with Crippen LogP contribution in [0.15, 0.2) is 48.9 Å². The first-order valence-electron chi connectivity index (χ1n) is 8.72. The highest BCUT2D eigenvalue weighted by atomic mass is 16.2. The van der Waals surface area contributed by atoms with E-state index < -0.39 is 6.04 Å². The molecule has 132 valence electrons. The molecule has 0 spiro atoms. The zero-order valence-corrected chi connectivity index (χ0v) is 14.3. The second-order valence-electron chi connectivity index (χ2n) is 6.17. The Morgan fingerprint density at radius 1 is 1.19 bits per heavy atom. The fourth-order valence-electron chi connectivity index (χ4n) is 3.12. The third-order valence-corrected chi connectivity index (χ3v) is 4.43. The number of hydrogen-bond donors (Lipinski definition) is 3. The summed E-state index contributed by atoms with van der Waals surface area (Å²) in [5, 5.41) is 6.17. The van der Waals surface area contributed by atoms with Crippen LogP contribution in [-0.2, 0) is 17.6 Å². The molecule has 3 N–H and O–H groups in total. The fraction of sp³-hybridized carbons (Fsp3) is 0.263. The van der Waals surface area contributed by atoms with Gasteiger partial charge in [-0.2, -0.15) is 0 Å². The van der Waals surface area contributed by atoms with E-state index in [4.69, 9.17) is 0 Å². The van der Waals surface area contributed by atoms with E-state index in [9.17, 15) is 4.79 Å². The van der Waals surface area contributed by atoms with Crippen molar-refractivity contribution >= 4 is 5.91 Å². The Bertz CT molecular complexity index is 892. The maximum absolute atomic E-state index is 12.5. The van der Waals surface area contributed by atoms with Gasteiger partial charge in [-0.25, -0.2) is 15.0 Å². The van der Waals surface area contributed by atoms with E-state index in [-0.39, 0.29) is 5.91 Å². The highest BCUT2D eigenvalue weighted by Crippen LogP contribution is 2.19. The molecule has 3 aromatic rings. The van der Waals surface area contributed by atoms with Gasteiger partial charge in [0.1, 0.15) is 11.9 Å². The van der Waals surface area contributed by atoms with Gasteiger partial charge in [-0.3, -0.25) is 4.79 Å². The number of nitrogens with one attached hydrogen (secondary N) is 3. The molecule has 0 bridgehead atoms. The number of imidazole rings is 1. The van der Waals surface area contributed by atoms with Gasteiger partial charge in [-0.15, -0.1) is 0 Å². The molecule has 26 heavy (non-hydrogen) atoms. The first-order valence-corrected chi connectivity index (χ1v) is 8.72. The molecule has 4 rings (SSSR count). The molecular weight excluding hydrogens is 328 g/mol. The van der Waals surface area contributed by atoms with Crippen LogP contribution in [0.25, 0.3) is 11.3 Å². The number of aromatic amines is 1. The van der Waals surface area contributed by atoms with Crippen LogP contribution >= 0.6 is 0 Å². The molecule has 1 amide bonds. The molecule has 0 radical (unpaired) electrons. The lowest BCUT2D eigenvalue weighted by molar-refractivity contribution is -0.123. The minimum atomic E-state index is -0.401. The van der Waals surface area contributed by atoms with Crippen molar-refractivity contribution in [3.63, 3.8) is 0 Å². The minimum absolute atomic E-state index is 0.0720. The summed E-state index contributed by atoms with van der Waals surface area (Å²) in [6, 6.07) is 11.5. The van der Waals surface area contributed by atoms with E-state index in [1.807, 2.05) is 36.4 Å². The fourth-order valence-corrected chi connectivity index (χ4v) is 3.12. The maximum atomic E-state index is 12.5. The molecule has 3 heterocycles. The van der Waals surface area contributed by atoms with Gasteiger partial charge in [-0.05, 0) is 6.07 Å². The quantitative estimate of drug-likeness (QED) is 0.648. The van der Waals surface area contributed by atoms with Gasteiger partial charge < -0.3 is 15.6 Å². The summed E-state index contributed by atoms with van der Waals surface area (Å²) in [7, 11) is 0. The molecule has 7 heteroatoms. The number of fused-ring (bicyclic) bond motifs is 1. The molecule has 1 atom stereocenters. The average molecular weight is 348 g/mol. The lowest BCUT2D eigenvalue weighted by Gasteiger charge is -2.22. The van der Waals surface area contributed by atoms with Crippen molar-refractivity contribution in [1.82, 2.24) is 30.6 Å². The number of carbonyl (C=O) groups excluding carboxylic acids is 1. The highest BCUT2D eigenvalue weighted by molar-refractivity contribution is 5.83.